The van der Waals surface area contributed by atoms with Gasteiger partial charge in [-0.1, -0.05) is 36.4 Å². The lowest BCUT2D eigenvalue weighted by Crippen LogP contribution is -2.37. The molecular formula is C22H21F2N3O2. The van der Waals surface area contributed by atoms with Gasteiger partial charge >= 0.3 is 0 Å². The highest BCUT2D eigenvalue weighted by Crippen LogP contribution is 2.39. The van der Waals surface area contributed by atoms with Gasteiger partial charge in [0.05, 0.1) is 30.1 Å². The summed E-state index contributed by atoms with van der Waals surface area (Å²) in [5, 5.41) is 14.0. The number of aromatic nitrogens is 2. The molecular weight excluding hydrogens is 376 g/mol. The fourth-order valence-corrected chi connectivity index (χ4v) is 3.87. The molecule has 150 valence electrons. The molecule has 0 spiro atoms. The number of carbonyl (C=O) groups excluding carboxylic acids is 1. The van der Waals surface area contributed by atoms with Gasteiger partial charge in [-0.2, -0.15) is 5.10 Å². The van der Waals surface area contributed by atoms with Crippen LogP contribution in [0.1, 0.15) is 27.5 Å². The normalized spacial score (nSPS) is 21.5. The van der Waals surface area contributed by atoms with E-state index in [9.17, 15) is 14.3 Å². The summed E-state index contributed by atoms with van der Waals surface area (Å²) in [7, 11) is 0. The molecule has 0 saturated carbocycles. The quantitative estimate of drug-likeness (QED) is 0.735. The summed E-state index contributed by atoms with van der Waals surface area (Å²) in [5.41, 5.74) is 0.111. The summed E-state index contributed by atoms with van der Waals surface area (Å²) < 4.78 is 30.4. The number of nitrogens with zero attached hydrogens (tertiary/aromatic N) is 3. The van der Waals surface area contributed by atoms with Crippen LogP contribution >= 0.6 is 0 Å². The van der Waals surface area contributed by atoms with Gasteiger partial charge in [0.1, 0.15) is 5.82 Å². The summed E-state index contributed by atoms with van der Waals surface area (Å²) in [4.78, 5) is 14.5. The second kappa shape index (κ2) is 7.40. The van der Waals surface area contributed by atoms with Crippen LogP contribution in [-0.2, 0) is 0 Å². The number of alkyl halides is 1. The molecule has 4 rings (SSSR count). The molecule has 7 heteroatoms. The fraction of sp³-hybridized carbons (Fsp3) is 0.273. The number of aliphatic hydroxyl groups excluding tert-OH is 1. The maximum atomic E-state index is 15.4. The van der Waals surface area contributed by atoms with Gasteiger partial charge in [-0.3, -0.25) is 4.79 Å². The highest BCUT2D eigenvalue weighted by atomic mass is 19.1. The van der Waals surface area contributed by atoms with Gasteiger partial charge in [-0.05, 0) is 30.7 Å². The second-order valence-electron chi connectivity index (χ2n) is 7.39. The average Bonchev–Trinajstić information content (AvgIpc) is 3.29. The molecule has 1 amide bonds. The van der Waals surface area contributed by atoms with Crippen LogP contribution in [0, 0.1) is 12.7 Å². The zero-order valence-corrected chi connectivity index (χ0v) is 15.9. The van der Waals surface area contributed by atoms with E-state index in [-0.39, 0.29) is 19.0 Å². The summed E-state index contributed by atoms with van der Waals surface area (Å²) >= 11 is 0. The SMILES string of the molecule is Cc1nn(-c2cccc(F)c2)cc1C(=O)N1CC(c2ccccc2)C(F)(CO)C1. The first kappa shape index (κ1) is 19.3. The Labute approximate surface area is 167 Å². The maximum Gasteiger partial charge on any atom is 0.257 e. The molecule has 2 heterocycles. The van der Waals surface area contributed by atoms with Crippen molar-refractivity contribution in [3.8, 4) is 5.69 Å². The number of likely N-dealkylation sites (tertiary alicyclic amines) is 1. The van der Waals surface area contributed by atoms with Gasteiger partial charge < -0.3 is 10.0 Å². The molecule has 1 aliphatic heterocycles. The van der Waals surface area contributed by atoms with E-state index in [1.165, 1.54) is 27.9 Å². The first-order chi connectivity index (χ1) is 13.9. The molecule has 2 aromatic carbocycles. The standard InChI is InChI=1S/C22H21F2N3O2/c1-15-19(11-27(25-15)18-9-5-8-17(23)10-18)21(29)26-12-20(22(24,13-26)14-28)16-6-3-2-4-7-16/h2-11,20,28H,12-14H2,1H3. The van der Waals surface area contributed by atoms with Crippen LogP contribution in [0.4, 0.5) is 8.78 Å². The molecule has 1 fully saturated rings. The first-order valence-corrected chi connectivity index (χ1v) is 9.37. The number of halogens is 2. The molecule has 1 saturated heterocycles. The van der Waals surface area contributed by atoms with Crippen LogP contribution in [0.5, 0.6) is 0 Å². The van der Waals surface area contributed by atoms with Crippen molar-refractivity contribution in [1.82, 2.24) is 14.7 Å². The molecule has 3 aromatic rings. The van der Waals surface area contributed by atoms with Crippen LogP contribution in [0.15, 0.2) is 60.8 Å². The van der Waals surface area contributed by atoms with E-state index >= 15 is 4.39 Å². The monoisotopic (exact) mass is 397 g/mol. The molecule has 5 nitrogen and oxygen atoms in total. The lowest BCUT2D eigenvalue weighted by molar-refractivity contribution is 0.0575. The Morgan fingerprint density at radius 1 is 1.24 bits per heavy atom. The molecule has 1 aromatic heterocycles. The van der Waals surface area contributed by atoms with Crippen LogP contribution in [0.3, 0.4) is 0 Å². The van der Waals surface area contributed by atoms with Gasteiger partial charge in [0.2, 0.25) is 0 Å². The van der Waals surface area contributed by atoms with Crippen molar-refractivity contribution < 1.29 is 18.7 Å². The fourth-order valence-electron chi connectivity index (χ4n) is 3.87. The third-order valence-electron chi connectivity index (χ3n) is 5.44. The van der Waals surface area contributed by atoms with Crippen LogP contribution in [0.25, 0.3) is 5.69 Å². The molecule has 0 radical (unpaired) electrons. The molecule has 0 bridgehead atoms. The molecule has 2 atom stereocenters. The average molecular weight is 397 g/mol. The molecule has 29 heavy (non-hydrogen) atoms. The largest absolute Gasteiger partial charge is 0.393 e. The Kier molecular flexibility index (Phi) is 4.92. The van der Waals surface area contributed by atoms with Crippen molar-refractivity contribution in [2.24, 2.45) is 0 Å². The van der Waals surface area contributed by atoms with Crippen LogP contribution in [0.2, 0.25) is 0 Å². The van der Waals surface area contributed by atoms with Crippen molar-refractivity contribution in [2.75, 3.05) is 19.7 Å². The van der Waals surface area contributed by atoms with E-state index in [0.29, 0.717) is 16.9 Å². The summed E-state index contributed by atoms with van der Waals surface area (Å²) in [5.74, 6) is -1.38. The zero-order valence-electron chi connectivity index (χ0n) is 15.9. The molecule has 1 aliphatic rings. The van der Waals surface area contributed by atoms with E-state index in [1.54, 1.807) is 31.2 Å². The number of aryl methyl sites for hydroxylation is 1. The molecule has 0 aliphatic carbocycles. The predicted octanol–water partition coefficient (Wildman–Crippen LogP) is 3.26. The predicted molar refractivity (Wildman–Crippen MR) is 104 cm³/mol. The topological polar surface area (TPSA) is 58.4 Å². The Morgan fingerprint density at radius 3 is 2.69 bits per heavy atom. The lowest BCUT2D eigenvalue weighted by Gasteiger charge is -2.23. The van der Waals surface area contributed by atoms with Crippen molar-refractivity contribution in [2.45, 2.75) is 18.5 Å². The van der Waals surface area contributed by atoms with E-state index in [0.717, 1.165) is 5.56 Å². The van der Waals surface area contributed by atoms with Crippen molar-refractivity contribution >= 4 is 5.91 Å². The maximum absolute atomic E-state index is 15.4. The number of aliphatic hydroxyl groups is 1. The number of amides is 1. The van der Waals surface area contributed by atoms with Crippen molar-refractivity contribution in [3.63, 3.8) is 0 Å². The van der Waals surface area contributed by atoms with Gasteiger partial charge in [0, 0.05) is 18.7 Å². The third-order valence-corrected chi connectivity index (χ3v) is 5.44. The van der Waals surface area contributed by atoms with E-state index < -0.39 is 24.0 Å². The highest BCUT2D eigenvalue weighted by molar-refractivity contribution is 5.95. The number of rotatable bonds is 4. The minimum atomic E-state index is -1.91. The van der Waals surface area contributed by atoms with Crippen LogP contribution in [-0.4, -0.2) is 51.1 Å². The second-order valence-corrected chi connectivity index (χ2v) is 7.39. The number of hydrogen-bond donors (Lipinski definition) is 1. The Bertz CT molecular complexity index is 1040. The molecule has 1 N–H and O–H groups in total. The first-order valence-electron chi connectivity index (χ1n) is 9.37. The van der Waals surface area contributed by atoms with Gasteiger partial charge in [0.25, 0.3) is 5.91 Å². The number of carbonyl (C=O) groups is 1. The van der Waals surface area contributed by atoms with Crippen molar-refractivity contribution in [1.29, 1.82) is 0 Å². The minimum absolute atomic E-state index is 0.157. The Morgan fingerprint density at radius 2 is 2.00 bits per heavy atom. The van der Waals surface area contributed by atoms with Gasteiger partial charge in [-0.25, -0.2) is 13.5 Å². The van der Waals surface area contributed by atoms with E-state index in [4.69, 9.17) is 0 Å². The summed E-state index contributed by atoms with van der Waals surface area (Å²) in [6.07, 6.45) is 1.53. The van der Waals surface area contributed by atoms with Crippen LogP contribution < -0.4 is 0 Å². The number of benzene rings is 2. The van der Waals surface area contributed by atoms with Gasteiger partial charge in [0.15, 0.2) is 5.67 Å². The van der Waals surface area contributed by atoms with Crippen molar-refractivity contribution in [3.05, 3.63) is 83.4 Å². The highest BCUT2D eigenvalue weighted by Gasteiger charge is 2.49. The Hall–Kier alpha value is -3.06. The summed E-state index contributed by atoms with van der Waals surface area (Å²) in [6.45, 7) is 0.970. The smallest absolute Gasteiger partial charge is 0.257 e. The minimum Gasteiger partial charge on any atom is -0.393 e. The molecule has 2 unspecified atom stereocenters. The lowest BCUT2D eigenvalue weighted by atomic mass is 9.87. The van der Waals surface area contributed by atoms with E-state index in [1.807, 2.05) is 18.2 Å². The van der Waals surface area contributed by atoms with E-state index in [2.05, 4.69) is 5.10 Å². The Balaban J connectivity index is 1.62. The number of hydrogen-bond acceptors (Lipinski definition) is 3. The van der Waals surface area contributed by atoms with Gasteiger partial charge in [-0.15, -0.1) is 0 Å². The third kappa shape index (κ3) is 3.53. The summed E-state index contributed by atoms with van der Waals surface area (Å²) in [6, 6.07) is 15.0. The zero-order chi connectivity index (χ0) is 20.6.